The zero-order chi connectivity index (χ0) is 27.4. The van der Waals surface area contributed by atoms with E-state index in [1.165, 1.54) is 0 Å². The number of hydrogen-bond acceptors (Lipinski definition) is 13. The minimum atomic E-state index is -0.954. The van der Waals surface area contributed by atoms with E-state index in [9.17, 15) is 0 Å². The molecule has 0 aromatic heterocycles. The third-order valence-electron chi connectivity index (χ3n) is 3.41. The van der Waals surface area contributed by atoms with Crippen molar-refractivity contribution in [3.05, 3.63) is 0 Å². The molecule has 0 spiro atoms. The molecule has 0 aliphatic carbocycles. The highest BCUT2D eigenvalue weighted by Gasteiger charge is 1.98. The van der Waals surface area contributed by atoms with Crippen LogP contribution in [0.1, 0.15) is 26.2 Å². The number of hydrogen-bond donors (Lipinski definition) is 8. The first-order valence-electron chi connectivity index (χ1n) is 11.8. The van der Waals surface area contributed by atoms with Gasteiger partial charge in [-0.2, -0.15) is 0 Å². The summed E-state index contributed by atoms with van der Waals surface area (Å²) in [7, 11) is 1.63. The van der Waals surface area contributed by atoms with Crippen molar-refractivity contribution in [3.8, 4) is 0 Å². The van der Waals surface area contributed by atoms with Gasteiger partial charge in [-0.3, -0.25) is 0 Å². The first-order valence-corrected chi connectivity index (χ1v) is 11.8. The Balaban J connectivity index is -0.000000187. The number of aliphatic hydroxyl groups excluding tert-OH is 8. The molecule has 35 heavy (non-hydrogen) atoms. The van der Waals surface area contributed by atoms with Crippen molar-refractivity contribution in [2.75, 3.05) is 106 Å². The van der Waals surface area contributed by atoms with Crippen molar-refractivity contribution >= 4 is 0 Å². The summed E-state index contributed by atoms with van der Waals surface area (Å²) in [6.45, 7) is 5.71. The van der Waals surface area contributed by atoms with E-state index in [0.717, 1.165) is 19.3 Å². The lowest BCUT2D eigenvalue weighted by atomic mass is 10.2. The van der Waals surface area contributed by atoms with Crippen LogP contribution < -0.4 is 0 Å². The molecule has 218 valence electrons. The molecule has 0 amide bonds. The lowest BCUT2D eigenvalue weighted by Gasteiger charge is -2.03. The zero-order valence-electron chi connectivity index (χ0n) is 21.5. The van der Waals surface area contributed by atoms with E-state index < -0.39 is 12.2 Å². The second kappa shape index (κ2) is 43.5. The molecule has 13 nitrogen and oxygen atoms in total. The SMILES string of the molecule is CCCCC(O)CO.COCCOCCOCCO.OCC(O)CO.OCCOCCOCCO. The van der Waals surface area contributed by atoms with Gasteiger partial charge in [0.1, 0.15) is 6.10 Å². The number of methoxy groups -OCH3 is 1. The lowest BCUT2D eigenvalue weighted by molar-refractivity contribution is 0.0159. The lowest BCUT2D eigenvalue weighted by Crippen LogP contribution is -2.15. The maximum atomic E-state index is 8.74. The Bertz CT molecular complexity index is 295. The molecule has 0 aliphatic rings. The maximum absolute atomic E-state index is 8.74. The number of unbranched alkanes of at least 4 members (excludes halogenated alkanes) is 1. The van der Waals surface area contributed by atoms with Gasteiger partial charge in [0.05, 0.1) is 105 Å². The molecule has 0 saturated carbocycles. The first kappa shape index (κ1) is 41.6. The summed E-state index contributed by atoms with van der Waals surface area (Å²) in [4.78, 5) is 0. The zero-order valence-corrected chi connectivity index (χ0v) is 21.5. The summed E-state index contributed by atoms with van der Waals surface area (Å²) in [5.74, 6) is 0. The Labute approximate surface area is 209 Å². The second-order valence-corrected chi connectivity index (χ2v) is 6.61. The third-order valence-corrected chi connectivity index (χ3v) is 3.41. The van der Waals surface area contributed by atoms with Crippen LogP contribution in [0.2, 0.25) is 0 Å². The van der Waals surface area contributed by atoms with Crippen LogP contribution in [-0.4, -0.2) is 159 Å². The van der Waals surface area contributed by atoms with E-state index in [2.05, 4.69) is 6.92 Å². The summed E-state index contributed by atoms with van der Waals surface area (Å²) in [5.41, 5.74) is 0. The highest BCUT2D eigenvalue weighted by molar-refractivity contribution is 4.50. The van der Waals surface area contributed by atoms with Crippen molar-refractivity contribution < 1.29 is 64.5 Å². The molecule has 0 saturated heterocycles. The molecule has 0 fully saturated rings. The molecule has 1 atom stereocenters. The van der Waals surface area contributed by atoms with Crippen LogP contribution in [0.15, 0.2) is 0 Å². The first-order chi connectivity index (χ1) is 16.9. The van der Waals surface area contributed by atoms with Crippen LogP contribution in [0.4, 0.5) is 0 Å². The predicted octanol–water partition coefficient (Wildman–Crippen LogP) is -2.48. The van der Waals surface area contributed by atoms with Crippen LogP contribution in [0.25, 0.3) is 0 Å². The molecule has 0 rings (SSSR count). The predicted molar refractivity (Wildman–Crippen MR) is 129 cm³/mol. The Morgan fingerprint density at radius 1 is 0.514 bits per heavy atom. The van der Waals surface area contributed by atoms with Crippen molar-refractivity contribution in [2.45, 2.75) is 38.4 Å². The number of ether oxygens (including phenoxy) is 5. The molecular formula is C22H52O13. The molecule has 0 heterocycles. The van der Waals surface area contributed by atoms with E-state index in [-0.39, 0.29) is 39.6 Å². The molecule has 0 aliphatic heterocycles. The van der Waals surface area contributed by atoms with E-state index in [0.29, 0.717) is 59.5 Å². The standard InChI is InChI=1S/C7H16O4.C6H14O4.C6H14O2.C3H8O3/c1-9-4-5-11-7-6-10-3-2-8;7-1-3-9-5-6-10-4-2-8;1-2-3-4-6(8)5-7;4-1-3(6)2-5/h8H,2-7H2,1H3;7-8H,1-6H2;6-8H,2-5H2,1H3;3-6H,1-2H2. The average molecular weight is 525 g/mol. The van der Waals surface area contributed by atoms with Gasteiger partial charge in [0.15, 0.2) is 0 Å². The molecule has 0 aromatic carbocycles. The Hall–Kier alpha value is -0.520. The van der Waals surface area contributed by atoms with Gasteiger partial charge in [0, 0.05) is 7.11 Å². The van der Waals surface area contributed by atoms with Gasteiger partial charge >= 0.3 is 0 Å². The highest BCUT2D eigenvalue weighted by Crippen LogP contribution is 1.97. The van der Waals surface area contributed by atoms with Crippen molar-refractivity contribution in [1.82, 2.24) is 0 Å². The number of rotatable bonds is 21. The van der Waals surface area contributed by atoms with E-state index >= 15 is 0 Å². The molecule has 0 bridgehead atoms. The Morgan fingerprint density at radius 3 is 1.11 bits per heavy atom. The summed E-state index contributed by atoms with van der Waals surface area (Å²) in [6.07, 6.45) is 1.37. The minimum Gasteiger partial charge on any atom is -0.394 e. The molecular weight excluding hydrogens is 472 g/mol. The molecule has 0 aromatic rings. The molecule has 1 unspecified atom stereocenters. The van der Waals surface area contributed by atoms with Gasteiger partial charge in [0.25, 0.3) is 0 Å². The van der Waals surface area contributed by atoms with Crippen LogP contribution in [-0.2, 0) is 23.7 Å². The van der Waals surface area contributed by atoms with Crippen molar-refractivity contribution in [3.63, 3.8) is 0 Å². The molecule has 0 radical (unpaired) electrons. The maximum Gasteiger partial charge on any atom is 0.100 e. The van der Waals surface area contributed by atoms with Gasteiger partial charge in [-0.05, 0) is 6.42 Å². The fraction of sp³-hybridized carbons (Fsp3) is 1.00. The smallest absolute Gasteiger partial charge is 0.100 e. The summed E-state index contributed by atoms with van der Waals surface area (Å²) < 4.78 is 24.5. The van der Waals surface area contributed by atoms with Crippen molar-refractivity contribution in [1.29, 1.82) is 0 Å². The average Bonchev–Trinajstić information content (AvgIpc) is 2.89. The van der Waals surface area contributed by atoms with Crippen LogP contribution in [0, 0.1) is 0 Å². The quantitative estimate of drug-likeness (QED) is 0.0733. The summed E-state index contributed by atoms with van der Waals surface area (Å²) in [6, 6.07) is 0. The molecule has 8 N–H and O–H groups in total. The normalized spacial score (nSPS) is 11.1. The van der Waals surface area contributed by atoms with E-state index in [1.54, 1.807) is 7.11 Å². The topological polar surface area (TPSA) is 208 Å². The van der Waals surface area contributed by atoms with Crippen LogP contribution in [0.5, 0.6) is 0 Å². The van der Waals surface area contributed by atoms with Gasteiger partial charge in [-0.25, -0.2) is 0 Å². The molecule has 13 heteroatoms. The second-order valence-electron chi connectivity index (χ2n) is 6.61. The van der Waals surface area contributed by atoms with Crippen LogP contribution >= 0.6 is 0 Å². The minimum absolute atomic E-state index is 0.0417. The Morgan fingerprint density at radius 2 is 0.857 bits per heavy atom. The largest absolute Gasteiger partial charge is 0.394 e. The van der Waals surface area contributed by atoms with Gasteiger partial charge < -0.3 is 64.5 Å². The monoisotopic (exact) mass is 524 g/mol. The highest BCUT2D eigenvalue weighted by atomic mass is 16.5. The summed E-state index contributed by atoms with van der Waals surface area (Å²) in [5, 5.41) is 65.9. The fourth-order valence-corrected chi connectivity index (χ4v) is 1.57. The van der Waals surface area contributed by atoms with Crippen LogP contribution in [0.3, 0.4) is 0 Å². The van der Waals surface area contributed by atoms with Gasteiger partial charge in [0.2, 0.25) is 0 Å². The third kappa shape index (κ3) is 55.4. The summed E-state index contributed by atoms with van der Waals surface area (Å²) >= 11 is 0. The van der Waals surface area contributed by atoms with Gasteiger partial charge in [-0.15, -0.1) is 0 Å². The van der Waals surface area contributed by atoms with Crippen molar-refractivity contribution in [2.24, 2.45) is 0 Å². The number of aliphatic hydroxyl groups is 8. The Kier molecular flexibility index (Phi) is 51.8. The van der Waals surface area contributed by atoms with E-state index in [4.69, 9.17) is 64.5 Å². The fourth-order valence-electron chi connectivity index (χ4n) is 1.57. The van der Waals surface area contributed by atoms with Gasteiger partial charge in [-0.1, -0.05) is 19.8 Å². The van der Waals surface area contributed by atoms with E-state index in [1.807, 2.05) is 0 Å².